The minimum Gasteiger partial charge on any atom is -0.367 e. The molecule has 186 valence electrons. The monoisotopic (exact) mass is 483 g/mol. The van der Waals surface area contributed by atoms with Gasteiger partial charge in [0.2, 0.25) is 6.41 Å². The molecule has 4 N–H and O–H groups in total. The molecule has 1 aliphatic rings. The van der Waals surface area contributed by atoms with Crippen molar-refractivity contribution in [3.05, 3.63) is 96.2 Å². The molecule has 0 bridgehead atoms. The van der Waals surface area contributed by atoms with Crippen molar-refractivity contribution in [3.63, 3.8) is 0 Å². The van der Waals surface area contributed by atoms with Crippen LogP contribution in [0.1, 0.15) is 22.8 Å². The van der Waals surface area contributed by atoms with Crippen LogP contribution in [0, 0.1) is 0 Å². The average Bonchev–Trinajstić information content (AvgIpc) is 3.40. The van der Waals surface area contributed by atoms with Gasteiger partial charge in [0.25, 0.3) is 5.91 Å². The molecule has 0 saturated carbocycles. The van der Waals surface area contributed by atoms with Gasteiger partial charge >= 0.3 is 0 Å². The smallest absolute Gasteiger partial charge is 0.252 e. The number of H-pyrrole nitrogens is 1. The highest BCUT2D eigenvalue weighted by molar-refractivity contribution is 6.06. The first-order chi connectivity index (χ1) is 17.7. The largest absolute Gasteiger partial charge is 0.367 e. The van der Waals surface area contributed by atoms with Crippen LogP contribution in [0.4, 0.5) is 11.4 Å². The topological polar surface area (TPSA) is 89.3 Å². The van der Waals surface area contributed by atoms with E-state index in [4.69, 9.17) is 0 Å². The van der Waals surface area contributed by atoms with Crippen LogP contribution in [0.2, 0.25) is 0 Å². The summed E-state index contributed by atoms with van der Waals surface area (Å²) in [5.74, 6) is -0.0244. The molecule has 36 heavy (non-hydrogen) atoms. The third-order valence-corrected chi connectivity index (χ3v) is 6.18. The summed E-state index contributed by atoms with van der Waals surface area (Å²) in [5, 5.41) is 10.1. The number of nitrogens with zero attached hydrogens (tertiary/aromatic N) is 1. The Labute approximate surface area is 211 Å². The number of hydrogen-bond acceptors (Lipinski definition) is 4. The van der Waals surface area contributed by atoms with Crippen LogP contribution < -0.4 is 20.9 Å². The molecule has 7 heteroatoms. The number of carbonyl (C=O) groups excluding carboxylic acids is 2. The number of fused-ring (bicyclic) bond motifs is 1. The Hall–Kier alpha value is -4.10. The lowest BCUT2D eigenvalue weighted by Gasteiger charge is -2.30. The molecule has 1 unspecified atom stereocenters. The molecule has 4 aromatic rings. The number of piperazine rings is 1. The predicted molar refractivity (Wildman–Crippen MR) is 147 cm³/mol. The Kier molecular flexibility index (Phi) is 8.72. The lowest BCUT2D eigenvalue weighted by Crippen LogP contribution is -2.43. The van der Waals surface area contributed by atoms with Gasteiger partial charge in [0, 0.05) is 54.9 Å². The van der Waals surface area contributed by atoms with Crippen LogP contribution >= 0.6 is 0 Å². The Morgan fingerprint density at radius 1 is 0.972 bits per heavy atom. The van der Waals surface area contributed by atoms with Crippen molar-refractivity contribution in [1.82, 2.24) is 15.6 Å². The molecule has 2 amide bonds. The SMILES string of the molecule is CC(Cc1ccccc1)NC(=O)c1cccc2[nH]ccc12.O=CNc1ccccc1N1CCNCC1. The fourth-order valence-corrected chi connectivity index (χ4v) is 4.44. The molecular formula is C29H33N5O2. The molecular weight excluding hydrogens is 450 g/mol. The predicted octanol–water partition coefficient (Wildman–Crippen LogP) is 4.19. The zero-order valence-electron chi connectivity index (χ0n) is 20.5. The van der Waals surface area contributed by atoms with Crippen molar-refractivity contribution in [2.75, 3.05) is 36.4 Å². The number of aromatic nitrogens is 1. The standard InChI is InChI=1S/C18H18N2O.C11H15N3O/c1-13(12-14-6-3-2-4-7-14)20-18(21)16-8-5-9-17-15(16)10-11-19-17;15-9-13-10-3-1-2-4-11(10)14-7-5-12-6-8-14/h2-11,13,19H,12H2,1H3,(H,20,21);1-4,9,12H,5-8H2,(H,13,15). The van der Waals surface area contributed by atoms with Crippen molar-refractivity contribution < 1.29 is 9.59 Å². The van der Waals surface area contributed by atoms with Crippen molar-refractivity contribution in [3.8, 4) is 0 Å². The molecule has 1 fully saturated rings. The average molecular weight is 484 g/mol. The maximum Gasteiger partial charge on any atom is 0.252 e. The summed E-state index contributed by atoms with van der Waals surface area (Å²) in [6, 6.07) is 25.8. The summed E-state index contributed by atoms with van der Waals surface area (Å²) >= 11 is 0. The number of para-hydroxylation sites is 2. The van der Waals surface area contributed by atoms with Crippen molar-refractivity contribution >= 4 is 34.6 Å². The third kappa shape index (κ3) is 6.52. The Morgan fingerprint density at radius 3 is 2.50 bits per heavy atom. The number of nitrogens with one attached hydrogen (secondary N) is 4. The Morgan fingerprint density at radius 2 is 1.72 bits per heavy atom. The molecule has 1 aromatic heterocycles. The summed E-state index contributed by atoms with van der Waals surface area (Å²) < 4.78 is 0. The summed E-state index contributed by atoms with van der Waals surface area (Å²) in [6.07, 6.45) is 3.41. The van der Waals surface area contributed by atoms with Gasteiger partial charge in [-0.1, -0.05) is 48.5 Å². The first-order valence-corrected chi connectivity index (χ1v) is 12.3. The fourth-order valence-electron chi connectivity index (χ4n) is 4.44. The van der Waals surface area contributed by atoms with Gasteiger partial charge in [0.1, 0.15) is 0 Å². The summed E-state index contributed by atoms with van der Waals surface area (Å²) in [7, 11) is 0. The summed E-state index contributed by atoms with van der Waals surface area (Å²) in [6.45, 7) is 5.99. The van der Waals surface area contributed by atoms with E-state index >= 15 is 0 Å². The van der Waals surface area contributed by atoms with E-state index in [1.165, 1.54) is 5.56 Å². The van der Waals surface area contributed by atoms with Crippen LogP contribution in [0.3, 0.4) is 0 Å². The number of aromatic amines is 1. The normalized spacial score (nSPS) is 13.9. The van der Waals surface area contributed by atoms with Gasteiger partial charge in [-0.05, 0) is 49.2 Å². The van der Waals surface area contributed by atoms with E-state index in [2.05, 4.69) is 38.0 Å². The second kappa shape index (κ2) is 12.6. The number of hydrogen-bond donors (Lipinski definition) is 4. The Balaban J connectivity index is 0.000000179. The number of anilines is 2. The minimum absolute atomic E-state index is 0.0244. The molecule has 0 spiro atoms. The molecule has 5 rings (SSSR count). The number of carbonyl (C=O) groups is 2. The van der Waals surface area contributed by atoms with E-state index in [9.17, 15) is 9.59 Å². The zero-order valence-corrected chi connectivity index (χ0v) is 20.5. The van der Waals surface area contributed by atoms with Crippen LogP contribution in [0.25, 0.3) is 10.9 Å². The molecule has 1 atom stereocenters. The van der Waals surface area contributed by atoms with Crippen molar-refractivity contribution in [2.24, 2.45) is 0 Å². The van der Waals surface area contributed by atoms with E-state index in [-0.39, 0.29) is 11.9 Å². The van der Waals surface area contributed by atoms with E-state index in [0.717, 1.165) is 61.3 Å². The Bertz CT molecular complexity index is 1260. The van der Waals surface area contributed by atoms with Crippen molar-refractivity contribution in [2.45, 2.75) is 19.4 Å². The molecule has 7 nitrogen and oxygen atoms in total. The van der Waals surface area contributed by atoms with Crippen molar-refractivity contribution in [1.29, 1.82) is 0 Å². The lowest BCUT2D eigenvalue weighted by atomic mass is 10.1. The molecule has 0 aliphatic carbocycles. The number of rotatable bonds is 7. The van der Waals surface area contributed by atoms with Crippen LogP contribution in [0.5, 0.6) is 0 Å². The maximum absolute atomic E-state index is 12.4. The number of amides is 2. The van der Waals surface area contributed by atoms with Gasteiger partial charge in [-0.2, -0.15) is 0 Å². The second-order valence-corrected chi connectivity index (χ2v) is 8.83. The maximum atomic E-state index is 12.4. The van der Waals surface area contributed by atoms with Gasteiger partial charge in [-0.3, -0.25) is 9.59 Å². The number of benzene rings is 3. The summed E-state index contributed by atoms with van der Waals surface area (Å²) in [5.41, 5.74) is 4.91. The quantitative estimate of drug-likeness (QED) is 0.297. The van der Waals surface area contributed by atoms with Gasteiger partial charge in [-0.15, -0.1) is 0 Å². The fraction of sp³-hybridized carbons (Fsp3) is 0.241. The zero-order chi connectivity index (χ0) is 25.2. The van der Waals surface area contributed by atoms with Crippen LogP contribution in [-0.2, 0) is 11.2 Å². The highest BCUT2D eigenvalue weighted by Gasteiger charge is 2.14. The highest BCUT2D eigenvalue weighted by atomic mass is 16.1. The molecule has 2 heterocycles. The minimum atomic E-state index is -0.0244. The van der Waals surface area contributed by atoms with E-state index < -0.39 is 0 Å². The first-order valence-electron chi connectivity index (χ1n) is 12.3. The lowest BCUT2D eigenvalue weighted by molar-refractivity contribution is -0.105. The molecule has 3 aromatic carbocycles. The van der Waals surface area contributed by atoms with Gasteiger partial charge in [0.15, 0.2) is 0 Å². The first kappa shape index (κ1) is 25.0. The van der Waals surface area contributed by atoms with E-state index in [1.807, 2.05) is 79.9 Å². The molecule has 1 saturated heterocycles. The van der Waals surface area contributed by atoms with Gasteiger partial charge in [0.05, 0.1) is 11.4 Å². The molecule has 0 radical (unpaired) electrons. The highest BCUT2D eigenvalue weighted by Crippen LogP contribution is 2.25. The second-order valence-electron chi connectivity index (χ2n) is 8.83. The van der Waals surface area contributed by atoms with Gasteiger partial charge in [-0.25, -0.2) is 0 Å². The molecule has 1 aliphatic heterocycles. The van der Waals surface area contributed by atoms with Gasteiger partial charge < -0.3 is 25.8 Å². The van der Waals surface area contributed by atoms with E-state index in [1.54, 1.807) is 0 Å². The van der Waals surface area contributed by atoms with E-state index in [0.29, 0.717) is 5.56 Å². The van der Waals surface area contributed by atoms with Crippen LogP contribution in [-0.4, -0.2) is 49.5 Å². The third-order valence-electron chi connectivity index (χ3n) is 6.18. The van der Waals surface area contributed by atoms with Crippen LogP contribution in [0.15, 0.2) is 85.1 Å². The summed E-state index contributed by atoms with van der Waals surface area (Å²) in [4.78, 5) is 28.3.